The van der Waals surface area contributed by atoms with Gasteiger partial charge in [0, 0.05) is 23.7 Å². The summed E-state index contributed by atoms with van der Waals surface area (Å²) in [6.07, 6.45) is 0. The van der Waals surface area contributed by atoms with Crippen molar-refractivity contribution in [3.8, 4) is 5.75 Å². The first-order valence-electron chi connectivity index (χ1n) is 9.23. The lowest BCUT2D eigenvalue weighted by Gasteiger charge is -2.18. The number of nitrogens with one attached hydrogen (secondary N) is 2. The molecule has 3 rings (SSSR count). The zero-order chi connectivity index (χ0) is 20.8. The van der Waals surface area contributed by atoms with E-state index in [4.69, 9.17) is 4.74 Å². The van der Waals surface area contributed by atoms with Crippen molar-refractivity contribution in [2.24, 2.45) is 0 Å². The second-order valence-electron chi connectivity index (χ2n) is 6.64. The van der Waals surface area contributed by atoms with Crippen LogP contribution in [0.1, 0.15) is 27.9 Å². The highest BCUT2D eigenvalue weighted by atomic mass is 32.1. The Labute approximate surface area is 173 Å². The van der Waals surface area contributed by atoms with Crippen LogP contribution in [0.2, 0.25) is 0 Å². The van der Waals surface area contributed by atoms with Gasteiger partial charge in [-0.15, -0.1) is 11.3 Å². The van der Waals surface area contributed by atoms with E-state index in [2.05, 4.69) is 15.7 Å². The Morgan fingerprint density at radius 1 is 1.14 bits per heavy atom. The number of carbonyl (C=O) groups excluding carboxylic acids is 2. The summed E-state index contributed by atoms with van der Waals surface area (Å²) in [5, 5.41) is 11.9. The van der Waals surface area contributed by atoms with Crippen molar-refractivity contribution in [2.45, 2.75) is 26.4 Å². The van der Waals surface area contributed by atoms with Gasteiger partial charge in [0.1, 0.15) is 11.8 Å². The second kappa shape index (κ2) is 9.38. The number of amides is 2. The van der Waals surface area contributed by atoms with Crippen LogP contribution in [0.3, 0.4) is 0 Å². The minimum absolute atomic E-state index is 0.165. The molecule has 2 aromatic heterocycles. The Morgan fingerprint density at radius 2 is 1.86 bits per heavy atom. The topological polar surface area (TPSA) is 85.2 Å². The number of benzene rings is 1. The minimum Gasteiger partial charge on any atom is -0.497 e. The molecule has 0 saturated carbocycles. The Balaban J connectivity index is 1.59. The van der Waals surface area contributed by atoms with Crippen LogP contribution < -0.4 is 15.4 Å². The van der Waals surface area contributed by atoms with E-state index in [1.807, 2.05) is 66.4 Å². The molecule has 2 N–H and O–H groups in total. The third-order valence-corrected chi connectivity index (χ3v) is 5.46. The van der Waals surface area contributed by atoms with Crippen LogP contribution in [0.15, 0.2) is 47.8 Å². The smallest absolute Gasteiger partial charge is 0.309 e. The van der Waals surface area contributed by atoms with Crippen LogP contribution in [0.5, 0.6) is 5.75 Å². The average molecular weight is 413 g/mol. The lowest BCUT2D eigenvalue weighted by atomic mass is 10.2. The van der Waals surface area contributed by atoms with Gasteiger partial charge in [-0.25, -0.2) is 0 Å². The maximum atomic E-state index is 12.3. The molecule has 3 aromatic rings. The summed E-state index contributed by atoms with van der Waals surface area (Å²) in [6, 6.07) is 13.1. The second-order valence-corrected chi connectivity index (χ2v) is 7.62. The zero-order valence-corrected chi connectivity index (χ0v) is 17.5. The normalized spacial score (nSPS) is 11.7. The summed E-state index contributed by atoms with van der Waals surface area (Å²) >= 11 is 1.59. The Hall–Kier alpha value is -3.13. The third-order valence-electron chi connectivity index (χ3n) is 4.49. The van der Waals surface area contributed by atoms with Crippen molar-refractivity contribution < 1.29 is 14.3 Å². The molecule has 0 fully saturated rings. The van der Waals surface area contributed by atoms with Gasteiger partial charge >= 0.3 is 11.8 Å². The first-order chi connectivity index (χ1) is 14.0. The fraction of sp³-hybridized carbons (Fsp3) is 0.286. The predicted molar refractivity (Wildman–Crippen MR) is 112 cm³/mol. The molecule has 1 aromatic carbocycles. The van der Waals surface area contributed by atoms with Crippen molar-refractivity contribution in [1.29, 1.82) is 0 Å². The van der Waals surface area contributed by atoms with Crippen LogP contribution in [-0.4, -0.2) is 35.2 Å². The molecule has 0 aliphatic carbocycles. The third kappa shape index (κ3) is 5.23. The van der Waals surface area contributed by atoms with E-state index in [9.17, 15) is 9.59 Å². The predicted octanol–water partition coefficient (Wildman–Crippen LogP) is 2.59. The van der Waals surface area contributed by atoms with E-state index in [0.717, 1.165) is 27.6 Å². The molecule has 2 amide bonds. The Kier molecular flexibility index (Phi) is 6.66. The van der Waals surface area contributed by atoms with Gasteiger partial charge in [-0.05, 0) is 49.1 Å². The van der Waals surface area contributed by atoms with E-state index in [-0.39, 0.29) is 19.1 Å². The summed E-state index contributed by atoms with van der Waals surface area (Å²) in [5.74, 6) is -0.595. The number of methoxy groups -OCH3 is 1. The van der Waals surface area contributed by atoms with Crippen molar-refractivity contribution in [3.05, 3.63) is 69.7 Å². The highest BCUT2D eigenvalue weighted by Gasteiger charge is 2.21. The van der Waals surface area contributed by atoms with E-state index in [0.29, 0.717) is 0 Å². The highest BCUT2D eigenvalue weighted by Crippen LogP contribution is 2.24. The molecule has 2 heterocycles. The molecule has 29 heavy (non-hydrogen) atoms. The molecule has 0 aliphatic heterocycles. The quantitative estimate of drug-likeness (QED) is 0.584. The number of rotatable bonds is 7. The average Bonchev–Trinajstić information content (AvgIpc) is 3.36. The number of aryl methyl sites for hydroxylation is 2. The van der Waals surface area contributed by atoms with Crippen LogP contribution in [0.4, 0.5) is 0 Å². The van der Waals surface area contributed by atoms with Crippen molar-refractivity contribution in [3.63, 3.8) is 0 Å². The number of thiophene rings is 1. The fourth-order valence-corrected chi connectivity index (χ4v) is 3.84. The molecule has 152 valence electrons. The molecule has 7 nitrogen and oxygen atoms in total. The maximum absolute atomic E-state index is 12.3. The van der Waals surface area contributed by atoms with Crippen molar-refractivity contribution >= 4 is 23.2 Å². The van der Waals surface area contributed by atoms with Gasteiger partial charge in [-0.3, -0.25) is 14.3 Å². The molecule has 8 heteroatoms. The number of hydrogen-bond acceptors (Lipinski definition) is 5. The molecule has 1 atom stereocenters. The van der Waals surface area contributed by atoms with Gasteiger partial charge in [0.05, 0.1) is 12.8 Å². The SMILES string of the molecule is COc1ccc(CNC(=O)C(=O)NCC(c2cccs2)n2nc(C)cc2C)cc1. The number of carbonyl (C=O) groups is 2. The summed E-state index contributed by atoms with van der Waals surface area (Å²) in [5.41, 5.74) is 2.79. The maximum Gasteiger partial charge on any atom is 0.309 e. The standard InChI is InChI=1S/C21H24N4O3S/c1-14-11-15(2)25(24-14)18(19-5-4-10-29-19)13-23-21(27)20(26)22-12-16-6-8-17(28-3)9-7-16/h4-11,18H,12-13H2,1-3H3,(H,22,26)(H,23,27). The van der Waals surface area contributed by atoms with Crippen LogP contribution >= 0.6 is 11.3 Å². The summed E-state index contributed by atoms with van der Waals surface area (Å²) in [6.45, 7) is 4.45. The van der Waals surface area contributed by atoms with Gasteiger partial charge in [-0.1, -0.05) is 18.2 Å². The highest BCUT2D eigenvalue weighted by molar-refractivity contribution is 7.10. The summed E-state index contributed by atoms with van der Waals surface area (Å²) in [7, 11) is 1.59. The lowest BCUT2D eigenvalue weighted by molar-refractivity contribution is -0.139. The van der Waals surface area contributed by atoms with Crippen LogP contribution in [-0.2, 0) is 16.1 Å². The summed E-state index contributed by atoms with van der Waals surface area (Å²) < 4.78 is 6.99. The number of hydrogen-bond donors (Lipinski definition) is 2. The molecular weight excluding hydrogens is 388 g/mol. The Morgan fingerprint density at radius 3 is 2.45 bits per heavy atom. The first kappa shape index (κ1) is 20.6. The van der Waals surface area contributed by atoms with E-state index < -0.39 is 11.8 Å². The molecule has 0 bridgehead atoms. The lowest BCUT2D eigenvalue weighted by Crippen LogP contribution is -2.42. The Bertz CT molecular complexity index is 964. The van der Waals surface area contributed by atoms with E-state index in [1.165, 1.54) is 0 Å². The first-order valence-corrected chi connectivity index (χ1v) is 10.1. The van der Waals surface area contributed by atoms with Crippen LogP contribution in [0, 0.1) is 13.8 Å². The fourth-order valence-electron chi connectivity index (χ4n) is 3.03. The van der Waals surface area contributed by atoms with Crippen molar-refractivity contribution in [2.75, 3.05) is 13.7 Å². The van der Waals surface area contributed by atoms with E-state index >= 15 is 0 Å². The molecule has 0 spiro atoms. The van der Waals surface area contributed by atoms with E-state index in [1.54, 1.807) is 18.4 Å². The monoisotopic (exact) mass is 412 g/mol. The summed E-state index contributed by atoms with van der Waals surface area (Å²) in [4.78, 5) is 25.5. The van der Waals surface area contributed by atoms with Gasteiger partial charge in [0.25, 0.3) is 0 Å². The van der Waals surface area contributed by atoms with Gasteiger partial charge in [-0.2, -0.15) is 5.10 Å². The molecular formula is C21H24N4O3S. The van der Waals surface area contributed by atoms with Gasteiger partial charge in [0.15, 0.2) is 0 Å². The number of aromatic nitrogens is 2. The molecule has 1 unspecified atom stereocenters. The molecule has 0 radical (unpaired) electrons. The van der Waals surface area contributed by atoms with Gasteiger partial charge < -0.3 is 15.4 Å². The molecule has 0 saturated heterocycles. The minimum atomic E-state index is -0.667. The van der Waals surface area contributed by atoms with Crippen LogP contribution in [0.25, 0.3) is 0 Å². The number of ether oxygens (including phenoxy) is 1. The van der Waals surface area contributed by atoms with Gasteiger partial charge in [0.2, 0.25) is 0 Å². The molecule has 0 aliphatic rings. The number of nitrogens with zero attached hydrogens (tertiary/aromatic N) is 2. The van der Waals surface area contributed by atoms with Crippen molar-refractivity contribution in [1.82, 2.24) is 20.4 Å². The zero-order valence-electron chi connectivity index (χ0n) is 16.6. The largest absolute Gasteiger partial charge is 0.497 e.